The fourth-order valence-electron chi connectivity index (χ4n) is 2.18. The van der Waals surface area contributed by atoms with Crippen molar-refractivity contribution in [3.63, 3.8) is 0 Å². The number of para-hydroxylation sites is 3. The molecule has 0 saturated heterocycles. The zero-order chi connectivity index (χ0) is 16.1. The first-order valence-electron chi connectivity index (χ1n) is 7.13. The number of imidazole rings is 1. The summed E-state index contributed by atoms with van der Waals surface area (Å²) in [5.41, 5.74) is 2.19. The van der Waals surface area contributed by atoms with Crippen LogP contribution in [0, 0.1) is 0 Å². The van der Waals surface area contributed by atoms with Crippen molar-refractivity contribution in [2.24, 2.45) is 0 Å². The van der Waals surface area contributed by atoms with E-state index in [0.29, 0.717) is 23.4 Å². The molecule has 0 fully saturated rings. The van der Waals surface area contributed by atoms with Crippen LogP contribution < -0.4 is 10.1 Å². The van der Waals surface area contributed by atoms with E-state index in [9.17, 15) is 9.59 Å². The predicted molar refractivity (Wildman–Crippen MR) is 85.3 cm³/mol. The van der Waals surface area contributed by atoms with Crippen LogP contribution in [0.3, 0.4) is 0 Å². The summed E-state index contributed by atoms with van der Waals surface area (Å²) in [5, 5.41) is 2.72. The van der Waals surface area contributed by atoms with Crippen molar-refractivity contribution in [3.05, 3.63) is 59.9 Å². The van der Waals surface area contributed by atoms with Crippen molar-refractivity contribution < 1.29 is 14.3 Å². The Morgan fingerprint density at radius 1 is 1.17 bits per heavy atom. The highest BCUT2D eigenvalue weighted by Crippen LogP contribution is 2.15. The molecule has 6 heteroatoms. The van der Waals surface area contributed by atoms with Gasteiger partial charge in [-0.1, -0.05) is 24.3 Å². The topological polar surface area (TPSA) is 84.1 Å². The SMILES string of the molecule is O=Cc1ccccc1OCC(=O)NCc1nc2ccccc2[nH]1. The number of nitrogens with one attached hydrogen (secondary N) is 2. The Hall–Kier alpha value is -3.15. The minimum Gasteiger partial charge on any atom is -0.483 e. The molecule has 3 rings (SSSR count). The highest BCUT2D eigenvalue weighted by Gasteiger charge is 2.07. The minimum absolute atomic E-state index is 0.162. The first kappa shape index (κ1) is 14.8. The zero-order valence-electron chi connectivity index (χ0n) is 12.3. The zero-order valence-corrected chi connectivity index (χ0v) is 12.3. The summed E-state index contributed by atoms with van der Waals surface area (Å²) in [5.74, 6) is 0.778. The number of rotatable bonds is 6. The van der Waals surface area contributed by atoms with Crippen molar-refractivity contribution in [2.45, 2.75) is 6.54 Å². The van der Waals surface area contributed by atoms with Crippen molar-refractivity contribution in [3.8, 4) is 5.75 Å². The van der Waals surface area contributed by atoms with Gasteiger partial charge in [-0.2, -0.15) is 0 Å². The summed E-state index contributed by atoms with van der Waals surface area (Å²) in [6.07, 6.45) is 0.696. The van der Waals surface area contributed by atoms with E-state index in [2.05, 4.69) is 15.3 Å². The number of amides is 1. The largest absolute Gasteiger partial charge is 0.483 e. The molecule has 1 amide bonds. The van der Waals surface area contributed by atoms with Crippen LogP contribution in [0.25, 0.3) is 11.0 Å². The summed E-state index contributed by atoms with van der Waals surface area (Å²) in [4.78, 5) is 30.2. The Kier molecular flexibility index (Phi) is 4.33. The van der Waals surface area contributed by atoms with Crippen LogP contribution in [-0.2, 0) is 11.3 Å². The summed E-state index contributed by atoms with van der Waals surface area (Å²) < 4.78 is 5.36. The van der Waals surface area contributed by atoms with Crippen LogP contribution in [0.15, 0.2) is 48.5 Å². The molecule has 3 aromatic rings. The number of nitrogens with zero attached hydrogens (tertiary/aromatic N) is 1. The maximum Gasteiger partial charge on any atom is 0.258 e. The van der Waals surface area contributed by atoms with Gasteiger partial charge in [-0.25, -0.2) is 4.98 Å². The quantitative estimate of drug-likeness (QED) is 0.683. The van der Waals surface area contributed by atoms with Gasteiger partial charge in [-0.05, 0) is 24.3 Å². The molecule has 6 nitrogen and oxygen atoms in total. The molecule has 1 aromatic heterocycles. The van der Waals surface area contributed by atoms with E-state index in [0.717, 1.165) is 11.0 Å². The number of aromatic amines is 1. The average molecular weight is 309 g/mol. The molecular weight excluding hydrogens is 294 g/mol. The molecule has 2 aromatic carbocycles. The Labute approximate surface area is 132 Å². The standard InChI is InChI=1S/C17H15N3O3/c21-10-12-5-1-4-8-15(12)23-11-17(22)18-9-16-19-13-6-2-3-7-14(13)20-16/h1-8,10H,9,11H2,(H,18,22)(H,19,20). The van der Waals surface area contributed by atoms with Crippen LogP contribution in [0.2, 0.25) is 0 Å². The fraction of sp³-hybridized carbons (Fsp3) is 0.118. The van der Waals surface area contributed by atoms with Crippen LogP contribution >= 0.6 is 0 Å². The van der Waals surface area contributed by atoms with Gasteiger partial charge in [0.1, 0.15) is 11.6 Å². The molecule has 0 radical (unpaired) electrons. The molecule has 2 N–H and O–H groups in total. The Bertz CT molecular complexity index is 809. The molecule has 23 heavy (non-hydrogen) atoms. The Morgan fingerprint density at radius 2 is 1.96 bits per heavy atom. The van der Waals surface area contributed by atoms with Gasteiger partial charge in [0.15, 0.2) is 12.9 Å². The molecule has 1 heterocycles. The lowest BCUT2D eigenvalue weighted by atomic mass is 10.2. The van der Waals surface area contributed by atoms with Crippen molar-refractivity contribution >= 4 is 23.2 Å². The van der Waals surface area contributed by atoms with E-state index >= 15 is 0 Å². The molecule has 0 aliphatic rings. The molecule has 0 unspecified atom stereocenters. The van der Waals surface area contributed by atoms with E-state index in [1.807, 2.05) is 24.3 Å². The lowest BCUT2D eigenvalue weighted by molar-refractivity contribution is -0.123. The highest BCUT2D eigenvalue weighted by atomic mass is 16.5. The minimum atomic E-state index is -0.286. The first-order valence-corrected chi connectivity index (χ1v) is 7.13. The number of H-pyrrole nitrogens is 1. The second-order valence-corrected chi connectivity index (χ2v) is 4.92. The van der Waals surface area contributed by atoms with Crippen molar-refractivity contribution in [1.29, 1.82) is 0 Å². The summed E-state index contributed by atoms with van der Waals surface area (Å²) in [7, 11) is 0. The van der Waals surface area contributed by atoms with E-state index in [-0.39, 0.29) is 19.1 Å². The third-order valence-electron chi connectivity index (χ3n) is 3.30. The lowest BCUT2D eigenvalue weighted by Gasteiger charge is -2.08. The molecule has 0 spiro atoms. The first-order chi connectivity index (χ1) is 11.3. The fourth-order valence-corrected chi connectivity index (χ4v) is 2.18. The molecule has 0 saturated carbocycles. The van der Waals surface area contributed by atoms with E-state index in [1.165, 1.54) is 0 Å². The third kappa shape index (κ3) is 3.55. The number of aromatic nitrogens is 2. The number of hydrogen-bond acceptors (Lipinski definition) is 4. The maximum atomic E-state index is 11.8. The molecule has 0 aliphatic carbocycles. The van der Waals surface area contributed by atoms with Crippen molar-refractivity contribution in [2.75, 3.05) is 6.61 Å². The van der Waals surface area contributed by atoms with Gasteiger partial charge < -0.3 is 15.0 Å². The van der Waals surface area contributed by atoms with Gasteiger partial charge in [0.2, 0.25) is 0 Å². The Morgan fingerprint density at radius 3 is 2.78 bits per heavy atom. The highest BCUT2D eigenvalue weighted by molar-refractivity contribution is 5.81. The van der Waals surface area contributed by atoms with Gasteiger partial charge in [-0.3, -0.25) is 9.59 Å². The number of aldehydes is 1. The van der Waals surface area contributed by atoms with Crippen LogP contribution in [0.4, 0.5) is 0 Å². The number of fused-ring (bicyclic) bond motifs is 1. The predicted octanol–water partition coefficient (Wildman–Crippen LogP) is 2.07. The summed E-state index contributed by atoms with van der Waals surface area (Å²) in [6, 6.07) is 14.4. The van der Waals surface area contributed by atoms with Crippen molar-refractivity contribution in [1.82, 2.24) is 15.3 Å². The van der Waals surface area contributed by atoms with Crippen LogP contribution in [0.1, 0.15) is 16.2 Å². The normalized spacial score (nSPS) is 10.4. The number of carbonyl (C=O) groups excluding carboxylic acids is 2. The number of hydrogen-bond donors (Lipinski definition) is 2. The van der Waals surface area contributed by atoms with Crippen LogP contribution in [-0.4, -0.2) is 28.8 Å². The van der Waals surface area contributed by atoms with Gasteiger partial charge in [0, 0.05) is 0 Å². The maximum absolute atomic E-state index is 11.8. The molecular formula is C17H15N3O3. The number of benzene rings is 2. The Balaban J connectivity index is 1.54. The summed E-state index contributed by atoms with van der Waals surface area (Å²) >= 11 is 0. The third-order valence-corrected chi connectivity index (χ3v) is 3.30. The summed E-state index contributed by atoms with van der Waals surface area (Å²) in [6.45, 7) is 0.122. The van der Waals surface area contributed by atoms with E-state index in [4.69, 9.17) is 4.74 Å². The molecule has 116 valence electrons. The average Bonchev–Trinajstić information content (AvgIpc) is 3.01. The van der Waals surface area contributed by atoms with Gasteiger partial charge in [-0.15, -0.1) is 0 Å². The van der Waals surface area contributed by atoms with Gasteiger partial charge in [0.25, 0.3) is 5.91 Å². The van der Waals surface area contributed by atoms with Gasteiger partial charge >= 0.3 is 0 Å². The molecule has 0 aliphatic heterocycles. The van der Waals surface area contributed by atoms with Gasteiger partial charge in [0.05, 0.1) is 23.1 Å². The number of ether oxygens (including phenoxy) is 1. The van der Waals surface area contributed by atoms with E-state index in [1.54, 1.807) is 24.3 Å². The molecule has 0 bridgehead atoms. The van der Waals surface area contributed by atoms with Crippen LogP contribution in [0.5, 0.6) is 5.75 Å². The molecule has 0 atom stereocenters. The second kappa shape index (κ2) is 6.74. The second-order valence-electron chi connectivity index (χ2n) is 4.92. The lowest BCUT2D eigenvalue weighted by Crippen LogP contribution is -2.28. The smallest absolute Gasteiger partial charge is 0.258 e. The monoisotopic (exact) mass is 309 g/mol. The number of carbonyl (C=O) groups is 2. The van der Waals surface area contributed by atoms with E-state index < -0.39 is 0 Å².